The molecule has 4 heteroatoms. The van der Waals surface area contributed by atoms with Crippen LogP contribution < -0.4 is 10.5 Å². The molecule has 0 heterocycles. The van der Waals surface area contributed by atoms with E-state index in [2.05, 4.69) is 22.6 Å². The molecule has 0 aromatic heterocycles. The molecule has 0 saturated carbocycles. The summed E-state index contributed by atoms with van der Waals surface area (Å²) in [5.74, 6) is 0.549. The average Bonchev–Trinajstić information content (AvgIpc) is 2.31. The lowest BCUT2D eigenvalue weighted by Gasteiger charge is -2.10. The standard InChI is InChI=1S/C13H11ClINO/c14-11-2-1-3-12(16)13(11)17-8-9-4-6-10(15)7-5-9/h1-7H,8,16H2. The molecule has 0 atom stereocenters. The maximum absolute atomic E-state index is 6.01. The second-order valence-corrected chi connectivity index (χ2v) is 5.23. The van der Waals surface area contributed by atoms with Crippen molar-refractivity contribution in [2.75, 3.05) is 5.73 Å². The molecule has 0 amide bonds. The van der Waals surface area contributed by atoms with Gasteiger partial charge in [-0.15, -0.1) is 0 Å². The van der Waals surface area contributed by atoms with Crippen LogP contribution >= 0.6 is 34.2 Å². The van der Waals surface area contributed by atoms with Crippen LogP contribution in [0.25, 0.3) is 0 Å². The van der Waals surface area contributed by atoms with Gasteiger partial charge in [0.25, 0.3) is 0 Å². The summed E-state index contributed by atoms with van der Waals surface area (Å²) in [4.78, 5) is 0. The summed E-state index contributed by atoms with van der Waals surface area (Å²) in [7, 11) is 0. The van der Waals surface area contributed by atoms with Crippen molar-refractivity contribution >= 4 is 39.9 Å². The third-order valence-corrected chi connectivity index (χ3v) is 3.31. The summed E-state index contributed by atoms with van der Waals surface area (Å²) in [6.07, 6.45) is 0. The Bertz CT molecular complexity index is 493. The normalized spacial score (nSPS) is 10.2. The lowest BCUT2D eigenvalue weighted by molar-refractivity contribution is 0.308. The first kappa shape index (κ1) is 12.5. The van der Waals surface area contributed by atoms with E-state index in [9.17, 15) is 0 Å². The molecule has 2 rings (SSSR count). The van der Waals surface area contributed by atoms with Crippen LogP contribution in [0, 0.1) is 3.57 Å². The predicted molar refractivity (Wildman–Crippen MR) is 79.4 cm³/mol. The molecule has 0 spiro atoms. The van der Waals surface area contributed by atoms with Crippen LogP contribution in [0.3, 0.4) is 0 Å². The quantitative estimate of drug-likeness (QED) is 0.661. The monoisotopic (exact) mass is 359 g/mol. The van der Waals surface area contributed by atoms with Crippen molar-refractivity contribution in [3.05, 3.63) is 56.6 Å². The van der Waals surface area contributed by atoms with Crippen LogP contribution in [-0.2, 0) is 6.61 Å². The molecule has 0 aliphatic carbocycles. The van der Waals surface area contributed by atoms with Crippen molar-refractivity contribution in [1.29, 1.82) is 0 Å². The van der Waals surface area contributed by atoms with E-state index in [0.717, 1.165) is 5.56 Å². The topological polar surface area (TPSA) is 35.2 Å². The van der Waals surface area contributed by atoms with E-state index in [4.69, 9.17) is 22.1 Å². The number of rotatable bonds is 3. The Morgan fingerprint density at radius 2 is 1.82 bits per heavy atom. The summed E-state index contributed by atoms with van der Waals surface area (Å²) in [5, 5.41) is 0.538. The Morgan fingerprint density at radius 1 is 1.12 bits per heavy atom. The SMILES string of the molecule is Nc1cccc(Cl)c1OCc1ccc(I)cc1. The second-order valence-electron chi connectivity index (χ2n) is 3.57. The fraction of sp³-hybridized carbons (Fsp3) is 0.0769. The Hall–Kier alpha value is -0.940. The number of hydrogen-bond donors (Lipinski definition) is 1. The van der Waals surface area contributed by atoms with Gasteiger partial charge < -0.3 is 10.5 Å². The highest BCUT2D eigenvalue weighted by Crippen LogP contribution is 2.31. The molecule has 0 radical (unpaired) electrons. The van der Waals surface area contributed by atoms with Gasteiger partial charge >= 0.3 is 0 Å². The summed E-state index contributed by atoms with van der Waals surface area (Å²) in [5.41, 5.74) is 7.45. The van der Waals surface area contributed by atoms with Crippen LogP contribution in [0.2, 0.25) is 5.02 Å². The number of benzene rings is 2. The molecular weight excluding hydrogens is 349 g/mol. The molecule has 17 heavy (non-hydrogen) atoms. The highest BCUT2D eigenvalue weighted by molar-refractivity contribution is 14.1. The molecule has 0 bridgehead atoms. The Balaban J connectivity index is 2.10. The third-order valence-electron chi connectivity index (χ3n) is 2.29. The van der Waals surface area contributed by atoms with Gasteiger partial charge in [-0.25, -0.2) is 0 Å². The smallest absolute Gasteiger partial charge is 0.161 e. The van der Waals surface area contributed by atoms with Crippen molar-refractivity contribution in [3.8, 4) is 5.75 Å². The molecule has 0 aliphatic rings. The molecule has 2 nitrogen and oxygen atoms in total. The van der Waals surface area contributed by atoms with E-state index in [1.807, 2.05) is 24.3 Å². The minimum atomic E-state index is 0.463. The fourth-order valence-corrected chi connectivity index (χ4v) is 2.01. The minimum Gasteiger partial charge on any atom is -0.485 e. The van der Waals surface area contributed by atoms with E-state index < -0.39 is 0 Å². The number of para-hydroxylation sites is 1. The van der Waals surface area contributed by atoms with Crippen LogP contribution in [0.4, 0.5) is 5.69 Å². The van der Waals surface area contributed by atoms with Gasteiger partial charge in [-0.2, -0.15) is 0 Å². The molecule has 0 aliphatic heterocycles. The Kier molecular flexibility index (Phi) is 4.12. The zero-order chi connectivity index (χ0) is 12.3. The maximum atomic E-state index is 6.01. The van der Waals surface area contributed by atoms with Crippen molar-refractivity contribution in [3.63, 3.8) is 0 Å². The molecule has 2 aromatic rings. The highest BCUT2D eigenvalue weighted by atomic mass is 127. The summed E-state index contributed by atoms with van der Waals surface area (Å²) in [6, 6.07) is 13.5. The number of anilines is 1. The van der Waals surface area contributed by atoms with Crippen LogP contribution in [0.5, 0.6) is 5.75 Å². The van der Waals surface area contributed by atoms with Gasteiger partial charge in [0.2, 0.25) is 0 Å². The average molecular weight is 360 g/mol. The van der Waals surface area contributed by atoms with E-state index in [0.29, 0.717) is 23.1 Å². The van der Waals surface area contributed by atoms with Gasteiger partial charge in [-0.3, -0.25) is 0 Å². The molecular formula is C13H11ClINO. The van der Waals surface area contributed by atoms with Crippen LogP contribution in [-0.4, -0.2) is 0 Å². The minimum absolute atomic E-state index is 0.463. The zero-order valence-electron chi connectivity index (χ0n) is 8.99. The summed E-state index contributed by atoms with van der Waals surface area (Å²) >= 11 is 8.28. The van der Waals surface area contributed by atoms with Crippen molar-refractivity contribution < 1.29 is 4.74 Å². The number of ether oxygens (including phenoxy) is 1. The van der Waals surface area contributed by atoms with E-state index >= 15 is 0 Å². The number of nitrogens with two attached hydrogens (primary N) is 1. The first-order chi connectivity index (χ1) is 8.16. The molecule has 2 N–H and O–H groups in total. The van der Waals surface area contributed by atoms with Crippen molar-refractivity contribution in [2.45, 2.75) is 6.61 Å². The van der Waals surface area contributed by atoms with Crippen LogP contribution in [0.15, 0.2) is 42.5 Å². The van der Waals surface area contributed by atoms with Crippen molar-refractivity contribution in [2.24, 2.45) is 0 Å². The molecule has 0 fully saturated rings. The molecule has 2 aromatic carbocycles. The van der Waals surface area contributed by atoms with Gasteiger partial charge in [-0.05, 0) is 52.4 Å². The number of hydrogen-bond acceptors (Lipinski definition) is 2. The Morgan fingerprint density at radius 3 is 2.47 bits per heavy atom. The van der Waals surface area contributed by atoms with Gasteiger partial charge in [0, 0.05) is 3.57 Å². The molecule has 88 valence electrons. The Labute approximate surface area is 119 Å². The molecule has 0 saturated heterocycles. The van der Waals surface area contributed by atoms with Gasteiger partial charge in [0.05, 0.1) is 10.7 Å². The predicted octanol–water partition coefficient (Wildman–Crippen LogP) is 4.11. The van der Waals surface area contributed by atoms with Gasteiger partial charge in [0.15, 0.2) is 5.75 Å². The largest absolute Gasteiger partial charge is 0.485 e. The number of nitrogen functional groups attached to an aromatic ring is 1. The lowest BCUT2D eigenvalue weighted by atomic mass is 10.2. The maximum Gasteiger partial charge on any atom is 0.161 e. The first-order valence-corrected chi connectivity index (χ1v) is 6.54. The van der Waals surface area contributed by atoms with Gasteiger partial charge in [0.1, 0.15) is 6.61 Å². The summed E-state index contributed by atoms with van der Waals surface area (Å²) < 4.78 is 6.83. The van der Waals surface area contributed by atoms with E-state index in [1.54, 1.807) is 18.2 Å². The second kappa shape index (κ2) is 5.60. The van der Waals surface area contributed by atoms with Crippen LogP contribution in [0.1, 0.15) is 5.56 Å². The zero-order valence-corrected chi connectivity index (χ0v) is 11.9. The van der Waals surface area contributed by atoms with E-state index in [-0.39, 0.29) is 0 Å². The highest BCUT2D eigenvalue weighted by Gasteiger charge is 2.05. The molecule has 0 unspecified atom stereocenters. The first-order valence-electron chi connectivity index (χ1n) is 5.08. The van der Waals surface area contributed by atoms with E-state index in [1.165, 1.54) is 3.57 Å². The number of halogens is 2. The lowest BCUT2D eigenvalue weighted by Crippen LogP contribution is -1.99. The van der Waals surface area contributed by atoms with Crippen molar-refractivity contribution in [1.82, 2.24) is 0 Å². The fourth-order valence-electron chi connectivity index (χ4n) is 1.41. The van der Waals surface area contributed by atoms with Gasteiger partial charge in [-0.1, -0.05) is 29.8 Å². The summed E-state index contributed by atoms with van der Waals surface area (Å²) in [6.45, 7) is 0.463. The third kappa shape index (κ3) is 3.26.